The second kappa shape index (κ2) is 19.8. The number of imidazole rings is 2. The molecule has 0 saturated carbocycles. The number of benzene rings is 9. The average molecular weight is 1230 g/mol. The number of nitrogens with zero attached hydrogens (tertiary/aromatic N) is 4. The molecule has 3 heterocycles. The van der Waals surface area contributed by atoms with Crippen molar-refractivity contribution in [3.05, 3.63) is 210 Å². The van der Waals surface area contributed by atoms with E-state index in [1.807, 2.05) is 0 Å². The van der Waals surface area contributed by atoms with E-state index in [9.17, 15) is 5.11 Å². The number of phenolic OH excluding ortho intramolecular Hbond substituents is 1. The molecule has 9 aromatic carbocycles. The minimum absolute atomic E-state index is 0. The van der Waals surface area contributed by atoms with E-state index in [2.05, 4.69) is 280 Å². The minimum atomic E-state index is -0.360. The van der Waals surface area contributed by atoms with E-state index in [-0.39, 0.29) is 48.5 Å². The third-order valence-electron chi connectivity index (χ3n) is 15.6. The summed E-state index contributed by atoms with van der Waals surface area (Å²) in [4.78, 5) is 11.4. The Balaban J connectivity index is 0.00000660. The summed E-state index contributed by atoms with van der Waals surface area (Å²) < 4.78 is 6.97. The van der Waals surface area contributed by atoms with Crippen molar-refractivity contribution in [1.29, 1.82) is 0 Å². The van der Waals surface area contributed by atoms with Gasteiger partial charge in [0, 0.05) is 48.1 Å². The number of thiophene rings is 1. The Hall–Kier alpha value is -7.37. The first-order valence-corrected chi connectivity index (χ1v) is 28.1. The summed E-state index contributed by atoms with van der Waals surface area (Å²) in [6, 6.07) is 69.7. The number of hydrogen-bond donors (Lipinski definition) is 1. The smallest absolute Gasteiger partial charge is 0.148 e. The summed E-state index contributed by atoms with van der Waals surface area (Å²) in [6.45, 7) is 26.9. The van der Waals surface area contributed by atoms with Crippen LogP contribution in [0.25, 0.3) is 110 Å². The van der Waals surface area contributed by atoms with E-state index in [0.29, 0.717) is 11.4 Å². The van der Waals surface area contributed by atoms with Crippen LogP contribution in [0, 0.1) is 6.07 Å². The van der Waals surface area contributed by atoms with Crippen LogP contribution in [-0.2, 0) is 42.7 Å². The van der Waals surface area contributed by atoms with E-state index in [0.717, 1.165) is 99.4 Å². The Morgan fingerprint density at radius 3 is 1.57 bits per heavy atom. The van der Waals surface area contributed by atoms with Gasteiger partial charge in [-0.25, -0.2) is 4.98 Å². The normalized spacial score (nSPS) is 12.5. The second-order valence-electron chi connectivity index (χ2n) is 25.2. The zero-order valence-corrected chi connectivity index (χ0v) is 50.4. The summed E-state index contributed by atoms with van der Waals surface area (Å²) in [7, 11) is 0. The maximum Gasteiger partial charge on any atom is 0.148 e. The number of fused-ring (bicyclic) bond motifs is 5. The molecule has 0 spiro atoms. The molecule has 3 aromatic heterocycles. The Morgan fingerprint density at radius 2 is 0.975 bits per heavy atom. The molecule has 12 rings (SSSR count). The standard InChI is InChI=1S/C72H67N4OS.Pt/c1-69(2,3)47-34-36-59(52(40-47)44-24-15-13-16-25-44)75-61-31-21-20-30-58(61)73-67(75)46-38-54-50-28-19-22-33-63(50)78-66(54)55(39-46)51-29-23-32-62-64(51)74-68(56-42-49(71(7,8)9)43-57(65(56)77)72(10,11)12)76(62)60-37-35-48(70(4,5)6)41-53(60)45-26-17-14-18-27-45;/h13-38,40-43,77H,1-12H3;/q-1;. The first-order valence-electron chi connectivity index (χ1n) is 27.3. The molecule has 0 radical (unpaired) electrons. The first-order chi connectivity index (χ1) is 37.1. The predicted molar refractivity (Wildman–Crippen MR) is 331 cm³/mol. The fourth-order valence-electron chi connectivity index (χ4n) is 11.2. The van der Waals surface area contributed by atoms with Crippen molar-refractivity contribution < 1.29 is 26.2 Å². The number of rotatable bonds is 7. The van der Waals surface area contributed by atoms with Crippen LogP contribution in [0.2, 0.25) is 0 Å². The maximum atomic E-state index is 12.8. The SMILES string of the molecule is CC(C)(C)c1ccc(-n2c(-c3[c-]c(-c4cccc5c4nc(-c4cc(C(C)(C)C)cc(C(C)(C)C)c4O)n5-c4ccc(C(C)(C)C)cc4-c4ccccc4)c4sc5ccccc5c4c3)nc3ccccc32)c(-c2ccccc2)c1.[Pt]. The van der Waals surface area contributed by atoms with E-state index in [1.165, 1.54) is 21.2 Å². The van der Waals surface area contributed by atoms with Crippen LogP contribution in [0.1, 0.15) is 105 Å². The topological polar surface area (TPSA) is 55.9 Å². The number of aromatic hydroxyl groups is 1. The molecule has 0 atom stereocenters. The maximum absolute atomic E-state index is 12.8. The third kappa shape index (κ3) is 9.55. The summed E-state index contributed by atoms with van der Waals surface area (Å²) in [5.74, 6) is 1.72. The Kier molecular flexibility index (Phi) is 13.4. The van der Waals surface area contributed by atoms with Crippen molar-refractivity contribution in [2.75, 3.05) is 0 Å². The molecule has 7 heteroatoms. The molecule has 0 aliphatic heterocycles. The van der Waals surface area contributed by atoms with Gasteiger partial charge in [0.05, 0.1) is 39.1 Å². The molecule has 0 aliphatic rings. The van der Waals surface area contributed by atoms with Gasteiger partial charge >= 0.3 is 0 Å². The quantitative estimate of drug-likeness (QED) is 0.162. The van der Waals surface area contributed by atoms with Gasteiger partial charge in [-0.2, -0.15) is 11.3 Å². The zero-order chi connectivity index (χ0) is 54.6. The summed E-state index contributed by atoms with van der Waals surface area (Å²) in [5.41, 5.74) is 17.4. The molecule has 1 N–H and O–H groups in total. The van der Waals surface area contributed by atoms with Gasteiger partial charge in [0.2, 0.25) is 0 Å². The molecule has 0 bridgehead atoms. The van der Waals surface area contributed by atoms with Crippen LogP contribution in [0.15, 0.2) is 182 Å². The third-order valence-corrected chi connectivity index (χ3v) is 16.8. The van der Waals surface area contributed by atoms with E-state index < -0.39 is 0 Å². The number of hydrogen-bond acceptors (Lipinski definition) is 4. The van der Waals surface area contributed by atoms with Gasteiger partial charge < -0.3 is 9.67 Å². The van der Waals surface area contributed by atoms with Crippen LogP contribution in [0.5, 0.6) is 5.75 Å². The van der Waals surface area contributed by atoms with Crippen LogP contribution in [-0.4, -0.2) is 24.2 Å². The molecule has 0 saturated heterocycles. The van der Waals surface area contributed by atoms with Gasteiger partial charge in [-0.05, 0) is 114 Å². The Bertz CT molecular complexity index is 4300. The summed E-state index contributed by atoms with van der Waals surface area (Å²) in [5, 5.41) is 15.1. The van der Waals surface area contributed by atoms with E-state index >= 15 is 0 Å². The van der Waals surface area contributed by atoms with Crippen molar-refractivity contribution in [2.45, 2.75) is 105 Å². The fraction of sp³-hybridized carbons (Fsp3) is 0.222. The van der Waals surface area contributed by atoms with Crippen molar-refractivity contribution in [3.8, 4) is 73.3 Å². The van der Waals surface area contributed by atoms with Crippen LogP contribution in [0.4, 0.5) is 0 Å². The van der Waals surface area contributed by atoms with Crippen molar-refractivity contribution in [1.82, 2.24) is 19.1 Å². The molecule has 0 unspecified atom stereocenters. The number of phenols is 1. The Morgan fingerprint density at radius 1 is 0.443 bits per heavy atom. The zero-order valence-electron chi connectivity index (χ0n) is 47.3. The average Bonchev–Trinajstić information content (AvgIpc) is 4.34. The van der Waals surface area contributed by atoms with Gasteiger partial charge in [-0.15, -0.1) is 12.1 Å². The van der Waals surface area contributed by atoms with Crippen molar-refractivity contribution in [3.63, 3.8) is 0 Å². The molecule has 398 valence electrons. The molecule has 0 aliphatic carbocycles. The fourth-order valence-corrected chi connectivity index (χ4v) is 12.4. The molecular weight excluding hydrogens is 1160 g/mol. The van der Waals surface area contributed by atoms with Gasteiger partial charge in [0.25, 0.3) is 0 Å². The van der Waals surface area contributed by atoms with Crippen molar-refractivity contribution >= 4 is 53.6 Å². The van der Waals surface area contributed by atoms with Crippen LogP contribution in [0.3, 0.4) is 0 Å². The Labute approximate surface area is 483 Å². The molecule has 79 heavy (non-hydrogen) atoms. The van der Waals surface area contributed by atoms with Gasteiger partial charge in [0.15, 0.2) is 0 Å². The van der Waals surface area contributed by atoms with Gasteiger partial charge in [-0.3, -0.25) is 9.55 Å². The number of para-hydroxylation sites is 3. The largest absolute Gasteiger partial charge is 0.507 e. The second-order valence-corrected chi connectivity index (χ2v) is 26.3. The van der Waals surface area contributed by atoms with Gasteiger partial charge in [-0.1, -0.05) is 226 Å². The molecule has 12 aromatic rings. The molecule has 5 nitrogen and oxygen atoms in total. The summed E-state index contributed by atoms with van der Waals surface area (Å²) in [6.07, 6.45) is 0. The van der Waals surface area contributed by atoms with Crippen LogP contribution >= 0.6 is 11.3 Å². The molecule has 0 amide bonds. The van der Waals surface area contributed by atoms with E-state index in [1.54, 1.807) is 11.3 Å². The van der Waals surface area contributed by atoms with E-state index in [4.69, 9.17) is 9.97 Å². The minimum Gasteiger partial charge on any atom is -0.507 e. The van der Waals surface area contributed by atoms with Crippen molar-refractivity contribution in [2.24, 2.45) is 0 Å². The predicted octanol–water partition coefficient (Wildman–Crippen LogP) is 19.8. The molecular formula is C72H67N4OPtS-. The molecule has 0 fully saturated rings. The van der Waals surface area contributed by atoms with Gasteiger partial charge in [0.1, 0.15) is 11.6 Å². The van der Waals surface area contributed by atoms with Crippen LogP contribution < -0.4 is 0 Å². The summed E-state index contributed by atoms with van der Waals surface area (Å²) >= 11 is 1.79. The monoisotopic (exact) mass is 1230 g/mol. The number of aromatic nitrogens is 4. The first kappa shape index (κ1) is 53.6.